The van der Waals surface area contributed by atoms with E-state index in [-0.39, 0.29) is 11.8 Å². The fourth-order valence-electron chi connectivity index (χ4n) is 2.52. The summed E-state index contributed by atoms with van der Waals surface area (Å²) in [5, 5.41) is 2.96. The second kappa shape index (κ2) is 10.0. The smallest absolute Gasteiger partial charge is 0.242 e. The van der Waals surface area contributed by atoms with Crippen molar-refractivity contribution in [3.8, 4) is 0 Å². The molecule has 4 heteroatoms. The minimum absolute atomic E-state index is 0.0167. The molecular formula is C19H30N2O2. The first-order valence-electron chi connectivity index (χ1n) is 8.66. The first-order valence-corrected chi connectivity index (χ1v) is 8.66. The number of benzene rings is 1. The normalized spacial score (nSPS) is 11.8. The zero-order chi connectivity index (χ0) is 17.2. The topological polar surface area (TPSA) is 49.4 Å². The zero-order valence-corrected chi connectivity index (χ0v) is 14.9. The van der Waals surface area contributed by atoms with Gasteiger partial charge in [0.05, 0.1) is 0 Å². The maximum absolute atomic E-state index is 12.5. The lowest BCUT2D eigenvalue weighted by Gasteiger charge is -2.30. The fraction of sp³-hybridized carbons (Fsp3) is 0.579. The number of hydrogen-bond donors (Lipinski definition) is 1. The Morgan fingerprint density at radius 3 is 2.30 bits per heavy atom. The summed E-state index contributed by atoms with van der Waals surface area (Å²) in [5.74, 6) is -0.0297. The summed E-state index contributed by atoms with van der Waals surface area (Å²) in [6.45, 7) is 9.07. The van der Waals surface area contributed by atoms with Crippen LogP contribution < -0.4 is 5.32 Å². The quantitative estimate of drug-likeness (QED) is 0.709. The van der Waals surface area contributed by atoms with Crippen LogP contribution in [-0.4, -0.2) is 29.3 Å². The van der Waals surface area contributed by atoms with Crippen LogP contribution in [0.3, 0.4) is 0 Å². The molecule has 0 heterocycles. The Morgan fingerprint density at radius 1 is 1.13 bits per heavy atom. The van der Waals surface area contributed by atoms with Crippen LogP contribution in [-0.2, 0) is 16.1 Å². The molecule has 23 heavy (non-hydrogen) atoms. The molecule has 2 amide bonds. The molecule has 1 N–H and O–H groups in total. The molecule has 0 aliphatic carbocycles. The molecule has 0 radical (unpaired) electrons. The Balaban J connectivity index is 2.86. The maximum Gasteiger partial charge on any atom is 0.242 e. The van der Waals surface area contributed by atoms with Crippen molar-refractivity contribution in [3.63, 3.8) is 0 Å². The van der Waals surface area contributed by atoms with E-state index in [1.807, 2.05) is 45.0 Å². The number of nitrogens with zero attached hydrogens (tertiary/aromatic N) is 1. The molecule has 1 rings (SSSR count). The van der Waals surface area contributed by atoms with Gasteiger partial charge in [0.1, 0.15) is 6.04 Å². The summed E-state index contributed by atoms with van der Waals surface area (Å²) in [5.41, 5.74) is 2.24. The van der Waals surface area contributed by atoms with Crippen molar-refractivity contribution >= 4 is 11.8 Å². The van der Waals surface area contributed by atoms with E-state index >= 15 is 0 Å². The van der Waals surface area contributed by atoms with Gasteiger partial charge in [-0.05, 0) is 25.3 Å². The van der Waals surface area contributed by atoms with E-state index in [1.54, 1.807) is 4.90 Å². The molecule has 1 aromatic rings. The van der Waals surface area contributed by atoms with Gasteiger partial charge in [0.2, 0.25) is 11.8 Å². The van der Waals surface area contributed by atoms with Crippen LogP contribution in [0.2, 0.25) is 0 Å². The highest BCUT2D eigenvalue weighted by atomic mass is 16.2. The second-order valence-electron chi connectivity index (χ2n) is 5.93. The first-order chi connectivity index (χ1) is 11.0. The van der Waals surface area contributed by atoms with E-state index in [1.165, 1.54) is 5.56 Å². The summed E-state index contributed by atoms with van der Waals surface area (Å²) >= 11 is 0. The third-order valence-electron chi connectivity index (χ3n) is 3.99. The lowest BCUT2D eigenvalue weighted by molar-refractivity contribution is -0.141. The predicted octanol–water partition coefficient (Wildman–Crippen LogP) is 3.43. The highest BCUT2D eigenvalue weighted by Gasteiger charge is 2.27. The van der Waals surface area contributed by atoms with E-state index in [0.717, 1.165) is 18.4 Å². The summed E-state index contributed by atoms with van der Waals surface area (Å²) < 4.78 is 0. The van der Waals surface area contributed by atoms with Crippen LogP contribution in [0.5, 0.6) is 0 Å². The van der Waals surface area contributed by atoms with Gasteiger partial charge in [-0.2, -0.15) is 0 Å². The molecule has 1 aromatic carbocycles. The molecule has 128 valence electrons. The summed E-state index contributed by atoms with van der Waals surface area (Å²) in [6, 6.07) is 7.71. The summed E-state index contributed by atoms with van der Waals surface area (Å²) in [7, 11) is 0. The number of unbranched alkanes of at least 4 members (excludes halogenated alkanes) is 1. The molecule has 0 aliphatic rings. The molecule has 0 spiro atoms. The minimum atomic E-state index is -0.402. The lowest BCUT2D eigenvalue weighted by Crippen LogP contribution is -2.49. The number of amides is 2. The molecule has 1 atom stereocenters. The highest BCUT2D eigenvalue weighted by Crippen LogP contribution is 2.14. The van der Waals surface area contributed by atoms with Crippen LogP contribution in [0, 0.1) is 6.92 Å². The van der Waals surface area contributed by atoms with Crippen molar-refractivity contribution in [2.75, 3.05) is 6.54 Å². The lowest BCUT2D eigenvalue weighted by atomic mass is 10.1. The van der Waals surface area contributed by atoms with E-state index in [0.29, 0.717) is 25.9 Å². The van der Waals surface area contributed by atoms with Crippen molar-refractivity contribution in [1.82, 2.24) is 10.2 Å². The van der Waals surface area contributed by atoms with Gasteiger partial charge in [-0.25, -0.2) is 0 Å². The Morgan fingerprint density at radius 2 is 1.78 bits per heavy atom. The van der Waals surface area contributed by atoms with Crippen LogP contribution in [0.15, 0.2) is 24.3 Å². The molecular weight excluding hydrogens is 288 g/mol. The van der Waals surface area contributed by atoms with Crippen LogP contribution in [0.1, 0.15) is 57.6 Å². The number of nitrogens with one attached hydrogen (secondary N) is 1. The number of carbonyl (C=O) groups excluding carboxylic acids is 2. The molecule has 0 aromatic heterocycles. The first kappa shape index (κ1) is 19.2. The molecule has 0 unspecified atom stereocenters. The molecule has 0 saturated heterocycles. The van der Waals surface area contributed by atoms with Crippen LogP contribution in [0.25, 0.3) is 0 Å². The van der Waals surface area contributed by atoms with Crippen molar-refractivity contribution in [2.45, 2.75) is 66.0 Å². The summed E-state index contributed by atoms with van der Waals surface area (Å²) in [6.07, 6.45) is 3.03. The van der Waals surface area contributed by atoms with Gasteiger partial charge in [0, 0.05) is 19.5 Å². The Bertz CT molecular complexity index is 497. The van der Waals surface area contributed by atoms with Gasteiger partial charge in [-0.3, -0.25) is 9.59 Å². The SMILES string of the molecule is CCCCNC(=O)[C@@H](CC)N(Cc1ccc(C)cc1)C(=O)CC. The number of hydrogen-bond acceptors (Lipinski definition) is 2. The van der Waals surface area contributed by atoms with E-state index in [2.05, 4.69) is 12.2 Å². The molecule has 0 fully saturated rings. The van der Waals surface area contributed by atoms with E-state index in [4.69, 9.17) is 0 Å². The van der Waals surface area contributed by atoms with E-state index < -0.39 is 6.04 Å². The molecule has 0 saturated carbocycles. The number of aryl methyl sites for hydroxylation is 1. The van der Waals surface area contributed by atoms with Gasteiger partial charge >= 0.3 is 0 Å². The van der Waals surface area contributed by atoms with Gasteiger partial charge in [0.25, 0.3) is 0 Å². The third kappa shape index (κ3) is 6.05. The average Bonchev–Trinajstić information content (AvgIpc) is 2.56. The maximum atomic E-state index is 12.5. The number of carbonyl (C=O) groups is 2. The molecule has 0 bridgehead atoms. The van der Waals surface area contributed by atoms with Crippen molar-refractivity contribution < 1.29 is 9.59 Å². The Hall–Kier alpha value is -1.84. The van der Waals surface area contributed by atoms with Gasteiger partial charge in [-0.1, -0.05) is 57.0 Å². The van der Waals surface area contributed by atoms with Gasteiger partial charge < -0.3 is 10.2 Å². The van der Waals surface area contributed by atoms with Crippen molar-refractivity contribution in [3.05, 3.63) is 35.4 Å². The summed E-state index contributed by atoms with van der Waals surface area (Å²) in [4.78, 5) is 26.5. The molecule has 0 aliphatic heterocycles. The Kier molecular flexibility index (Phi) is 8.38. The fourth-order valence-corrected chi connectivity index (χ4v) is 2.52. The minimum Gasteiger partial charge on any atom is -0.354 e. The highest BCUT2D eigenvalue weighted by molar-refractivity contribution is 5.87. The largest absolute Gasteiger partial charge is 0.354 e. The van der Waals surface area contributed by atoms with Gasteiger partial charge in [0.15, 0.2) is 0 Å². The zero-order valence-electron chi connectivity index (χ0n) is 14.9. The van der Waals surface area contributed by atoms with Gasteiger partial charge in [-0.15, -0.1) is 0 Å². The van der Waals surface area contributed by atoms with Crippen molar-refractivity contribution in [1.29, 1.82) is 0 Å². The van der Waals surface area contributed by atoms with E-state index in [9.17, 15) is 9.59 Å². The second-order valence-corrected chi connectivity index (χ2v) is 5.93. The third-order valence-corrected chi connectivity index (χ3v) is 3.99. The Labute approximate surface area is 140 Å². The van der Waals surface area contributed by atoms with Crippen molar-refractivity contribution in [2.24, 2.45) is 0 Å². The predicted molar refractivity (Wildman–Crippen MR) is 94.0 cm³/mol. The number of rotatable bonds is 9. The standard InChI is InChI=1S/C19H30N2O2/c1-5-8-13-20-19(23)17(6-2)21(18(22)7-3)14-16-11-9-15(4)10-12-16/h9-12,17H,5-8,13-14H2,1-4H3,(H,20,23)/t17-/m1/s1. The average molecular weight is 318 g/mol. The van der Waals surface area contributed by atoms with Crippen LogP contribution >= 0.6 is 0 Å². The van der Waals surface area contributed by atoms with Crippen LogP contribution in [0.4, 0.5) is 0 Å². The molecule has 4 nitrogen and oxygen atoms in total. The monoisotopic (exact) mass is 318 g/mol.